The van der Waals surface area contributed by atoms with Crippen LogP contribution < -0.4 is 5.56 Å². The van der Waals surface area contributed by atoms with Gasteiger partial charge in [0.2, 0.25) is 5.88 Å². The van der Waals surface area contributed by atoms with E-state index in [4.69, 9.17) is 9.47 Å². The van der Waals surface area contributed by atoms with E-state index >= 15 is 0 Å². The molecule has 0 saturated heterocycles. The Bertz CT molecular complexity index is 1240. The summed E-state index contributed by atoms with van der Waals surface area (Å²) in [6.45, 7) is 10.9. The average molecular weight is 521 g/mol. The number of hydrogen-bond acceptors (Lipinski definition) is 6. The van der Waals surface area contributed by atoms with E-state index in [1.165, 1.54) is 0 Å². The molecule has 2 aromatic heterocycles. The lowest BCUT2D eigenvalue weighted by Crippen LogP contribution is -2.30. The summed E-state index contributed by atoms with van der Waals surface area (Å²) in [4.78, 5) is 18.3. The summed E-state index contributed by atoms with van der Waals surface area (Å²) in [7, 11) is 3.15. The van der Waals surface area contributed by atoms with Gasteiger partial charge in [-0.25, -0.2) is 0 Å². The average Bonchev–Trinajstić information content (AvgIpc) is 3.45. The van der Waals surface area contributed by atoms with Crippen LogP contribution >= 0.6 is 0 Å². The number of allylic oxidation sites excluding steroid dienone is 2. The first-order valence-corrected chi connectivity index (χ1v) is 12.8. The summed E-state index contributed by atoms with van der Waals surface area (Å²) in [5.74, 6) is 0.784. The molecule has 3 aromatic rings. The first-order chi connectivity index (χ1) is 18.5. The van der Waals surface area contributed by atoms with Crippen molar-refractivity contribution in [1.29, 1.82) is 0 Å². The van der Waals surface area contributed by atoms with Crippen LogP contribution in [0.1, 0.15) is 55.6 Å². The monoisotopic (exact) mass is 520 g/mol. The Morgan fingerprint density at radius 1 is 1.13 bits per heavy atom. The van der Waals surface area contributed by atoms with Gasteiger partial charge in [0.25, 0.3) is 5.56 Å². The van der Waals surface area contributed by atoms with Crippen LogP contribution in [0.15, 0.2) is 78.6 Å². The van der Waals surface area contributed by atoms with Crippen molar-refractivity contribution in [2.45, 2.75) is 52.5 Å². The van der Waals surface area contributed by atoms with Crippen molar-refractivity contribution in [2.75, 3.05) is 20.8 Å². The van der Waals surface area contributed by atoms with Crippen LogP contribution in [0.25, 0.3) is 5.70 Å². The third-order valence-electron chi connectivity index (χ3n) is 5.85. The Balaban J connectivity index is 0.00000247. The number of aromatic nitrogens is 4. The van der Waals surface area contributed by atoms with Gasteiger partial charge in [0.15, 0.2) is 0 Å². The van der Waals surface area contributed by atoms with Crippen molar-refractivity contribution < 1.29 is 14.6 Å². The predicted molar refractivity (Wildman–Crippen MR) is 152 cm³/mol. The van der Waals surface area contributed by atoms with Gasteiger partial charge in [-0.1, -0.05) is 50.6 Å². The fourth-order valence-electron chi connectivity index (χ4n) is 3.96. The first-order valence-electron chi connectivity index (χ1n) is 12.8. The molecule has 0 fully saturated rings. The van der Waals surface area contributed by atoms with Crippen molar-refractivity contribution in [1.82, 2.24) is 19.3 Å². The van der Waals surface area contributed by atoms with E-state index in [1.807, 2.05) is 60.3 Å². The third-order valence-corrected chi connectivity index (χ3v) is 5.85. The highest BCUT2D eigenvalue weighted by Gasteiger charge is 2.21. The van der Waals surface area contributed by atoms with Crippen LogP contribution in [-0.4, -0.2) is 45.3 Å². The quantitative estimate of drug-likeness (QED) is 0.185. The zero-order chi connectivity index (χ0) is 27.9. The molecule has 204 valence electrons. The van der Waals surface area contributed by atoms with Gasteiger partial charge in [0.1, 0.15) is 11.6 Å². The maximum atomic E-state index is 13.8. The van der Waals surface area contributed by atoms with E-state index in [1.54, 1.807) is 25.0 Å². The van der Waals surface area contributed by atoms with Gasteiger partial charge in [-0.3, -0.25) is 14.0 Å². The van der Waals surface area contributed by atoms with E-state index in [0.29, 0.717) is 30.2 Å². The Morgan fingerprint density at radius 2 is 1.84 bits per heavy atom. The predicted octanol–water partition coefficient (Wildman–Crippen LogP) is 5.36. The summed E-state index contributed by atoms with van der Waals surface area (Å²) >= 11 is 0. The van der Waals surface area contributed by atoms with Gasteiger partial charge >= 0.3 is 0 Å². The number of rotatable bonds is 13. The van der Waals surface area contributed by atoms with Crippen LogP contribution in [0.4, 0.5) is 0 Å². The van der Waals surface area contributed by atoms with Gasteiger partial charge in [0.05, 0.1) is 31.5 Å². The summed E-state index contributed by atoms with van der Waals surface area (Å²) in [6, 6.07) is 9.82. The number of nitrogens with zero attached hydrogens (tertiary/aromatic N) is 4. The van der Waals surface area contributed by atoms with Crippen LogP contribution in [0.3, 0.4) is 0 Å². The lowest BCUT2D eigenvalue weighted by atomic mass is 10.0. The Hall–Kier alpha value is -3.91. The topological polar surface area (TPSA) is 91.4 Å². The molecule has 8 nitrogen and oxygen atoms in total. The molecule has 1 aromatic carbocycles. The number of hydrogen-bond donors (Lipinski definition) is 1. The van der Waals surface area contributed by atoms with Crippen LogP contribution in [-0.2, 0) is 28.9 Å². The zero-order valence-corrected chi connectivity index (χ0v) is 23.0. The highest BCUT2D eigenvalue weighted by atomic mass is 16.5. The standard InChI is InChI=1S/C28H36N4O4.C2H4/c1-5-7-10-25(36-4)24(20-35-3)32-26(11-8-6-2)30-27(33)23(28(32)34)18-21-12-14-22(15-13-21)19-31-17-9-16-29-31;1-2/h7,9-10,12-17,33H,5-6,8,11,18-20H2,1-4H3;1-2H2/b10-7-,25-24-;. The second-order valence-corrected chi connectivity index (χ2v) is 8.53. The molecular formula is C30H40N4O4. The Labute approximate surface area is 225 Å². The molecule has 0 aliphatic rings. The van der Waals surface area contributed by atoms with E-state index in [0.717, 1.165) is 30.4 Å². The molecule has 0 atom stereocenters. The molecule has 0 aliphatic carbocycles. The molecule has 0 amide bonds. The molecule has 8 heteroatoms. The zero-order valence-electron chi connectivity index (χ0n) is 23.0. The number of benzene rings is 1. The molecule has 38 heavy (non-hydrogen) atoms. The highest BCUT2D eigenvalue weighted by Crippen LogP contribution is 2.22. The summed E-state index contributed by atoms with van der Waals surface area (Å²) in [5, 5.41) is 15.0. The molecule has 0 aliphatic heterocycles. The number of aromatic hydroxyl groups is 1. The van der Waals surface area contributed by atoms with Crippen LogP contribution in [0.2, 0.25) is 0 Å². The Morgan fingerprint density at radius 3 is 2.42 bits per heavy atom. The van der Waals surface area contributed by atoms with Crippen LogP contribution in [0, 0.1) is 0 Å². The lowest BCUT2D eigenvalue weighted by Gasteiger charge is -2.19. The van der Waals surface area contributed by atoms with Crippen molar-refractivity contribution in [3.05, 3.63) is 107 Å². The summed E-state index contributed by atoms with van der Waals surface area (Å²) in [5.41, 5.74) is 2.47. The van der Waals surface area contributed by atoms with Gasteiger partial charge in [-0.2, -0.15) is 10.1 Å². The van der Waals surface area contributed by atoms with Gasteiger partial charge in [0, 0.05) is 32.3 Å². The molecule has 0 unspecified atom stereocenters. The van der Waals surface area contributed by atoms with E-state index in [2.05, 4.69) is 30.2 Å². The maximum Gasteiger partial charge on any atom is 0.265 e. The molecule has 0 radical (unpaired) electrons. The van der Waals surface area contributed by atoms with Crippen LogP contribution in [0.5, 0.6) is 5.88 Å². The minimum absolute atomic E-state index is 0.157. The normalized spacial score (nSPS) is 11.7. The molecule has 2 heterocycles. The van der Waals surface area contributed by atoms with E-state index < -0.39 is 0 Å². The van der Waals surface area contributed by atoms with Gasteiger partial charge < -0.3 is 14.6 Å². The molecule has 0 saturated carbocycles. The third kappa shape index (κ3) is 8.05. The Kier molecular flexibility index (Phi) is 12.8. The fourth-order valence-corrected chi connectivity index (χ4v) is 3.96. The second-order valence-electron chi connectivity index (χ2n) is 8.53. The highest BCUT2D eigenvalue weighted by molar-refractivity contribution is 5.55. The smallest absolute Gasteiger partial charge is 0.265 e. The number of aryl methyl sites for hydroxylation is 1. The number of unbranched alkanes of at least 4 members (excludes halogenated alkanes) is 1. The minimum Gasteiger partial charge on any atom is -0.495 e. The van der Waals surface area contributed by atoms with Crippen molar-refractivity contribution >= 4 is 5.70 Å². The summed E-state index contributed by atoms with van der Waals surface area (Å²) < 4.78 is 14.5. The minimum atomic E-state index is -0.319. The number of ether oxygens (including phenoxy) is 2. The fraction of sp³-hybridized carbons (Fsp3) is 0.367. The molecule has 0 spiro atoms. The molecular weight excluding hydrogens is 480 g/mol. The largest absolute Gasteiger partial charge is 0.495 e. The van der Waals surface area contributed by atoms with Gasteiger partial charge in [-0.15, -0.1) is 13.2 Å². The second kappa shape index (κ2) is 16.0. The molecule has 3 rings (SSSR count). The van der Waals surface area contributed by atoms with Gasteiger partial charge in [-0.05, 0) is 36.1 Å². The molecule has 0 bridgehead atoms. The van der Waals surface area contributed by atoms with Crippen molar-refractivity contribution in [2.24, 2.45) is 0 Å². The maximum absolute atomic E-state index is 13.8. The molecule has 1 N–H and O–H groups in total. The lowest BCUT2D eigenvalue weighted by molar-refractivity contribution is 0.227. The van der Waals surface area contributed by atoms with E-state index in [-0.39, 0.29) is 30.0 Å². The van der Waals surface area contributed by atoms with Crippen molar-refractivity contribution in [3.8, 4) is 5.88 Å². The SMILES string of the molecule is C=C.CC/C=C\C(OC)=C(/COC)n1c(CCCC)nc(O)c(Cc2ccc(Cn3cccn3)cc2)c1=O. The summed E-state index contributed by atoms with van der Waals surface area (Å²) in [6.07, 6.45) is 10.8. The van der Waals surface area contributed by atoms with E-state index in [9.17, 15) is 9.90 Å². The van der Waals surface area contributed by atoms with Crippen molar-refractivity contribution in [3.63, 3.8) is 0 Å². The first kappa shape index (κ1) is 30.3. The number of methoxy groups -OCH3 is 2.